The van der Waals surface area contributed by atoms with Crippen LogP contribution in [-0.2, 0) is 14.5 Å². The maximum atomic E-state index is 5.84. The summed E-state index contributed by atoms with van der Waals surface area (Å²) in [6, 6.07) is 0. The first kappa shape index (κ1) is 13.8. The van der Waals surface area contributed by atoms with Crippen LogP contribution < -0.4 is 0 Å². The van der Waals surface area contributed by atoms with Crippen molar-refractivity contribution in [3.8, 4) is 0 Å². The highest BCUT2D eigenvalue weighted by Crippen LogP contribution is 2.36. The summed E-state index contributed by atoms with van der Waals surface area (Å²) in [7, 11) is 0. The van der Waals surface area contributed by atoms with Crippen LogP contribution in [0.5, 0.6) is 0 Å². The van der Waals surface area contributed by atoms with Gasteiger partial charge in [-0.2, -0.15) is 0 Å². The van der Waals surface area contributed by atoms with Crippen molar-refractivity contribution < 1.29 is 14.5 Å². The van der Waals surface area contributed by atoms with Gasteiger partial charge in [-0.1, -0.05) is 37.1 Å². The van der Waals surface area contributed by atoms with E-state index in [1.165, 1.54) is 11.1 Å². The Morgan fingerprint density at radius 3 is 2.67 bits per heavy atom. The fourth-order valence-corrected chi connectivity index (χ4v) is 2.22. The molecule has 2 unspecified atom stereocenters. The fourth-order valence-electron chi connectivity index (χ4n) is 2.22. The van der Waals surface area contributed by atoms with Gasteiger partial charge in [-0.05, 0) is 33.1 Å². The second kappa shape index (κ2) is 5.55. The Labute approximate surface area is 110 Å². The van der Waals surface area contributed by atoms with E-state index in [0.29, 0.717) is 0 Å². The topological polar surface area (TPSA) is 27.7 Å². The van der Waals surface area contributed by atoms with Crippen LogP contribution in [0, 0.1) is 5.41 Å². The van der Waals surface area contributed by atoms with Crippen LogP contribution in [0.1, 0.15) is 53.4 Å². The molecule has 2 bridgehead atoms. The Morgan fingerprint density at radius 2 is 1.89 bits per heavy atom. The van der Waals surface area contributed by atoms with Gasteiger partial charge in [0, 0.05) is 11.8 Å². The van der Waals surface area contributed by atoms with Crippen molar-refractivity contribution in [2.45, 2.75) is 66.0 Å². The van der Waals surface area contributed by atoms with E-state index in [1.54, 1.807) is 0 Å². The Morgan fingerprint density at radius 1 is 1.11 bits per heavy atom. The molecule has 0 spiro atoms. The van der Waals surface area contributed by atoms with Gasteiger partial charge in [-0.25, -0.2) is 9.78 Å². The minimum Gasteiger partial charge on any atom is -0.317 e. The lowest BCUT2D eigenvalue weighted by Gasteiger charge is -2.27. The number of hydrogen-bond acceptors (Lipinski definition) is 3. The Kier molecular flexibility index (Phi) is 4.25. The third-order valence-corrected chi connectivity index (χ3v) is 3.66. The van der Waals surface area contributed by atoms with E-state index in [4.69, 9.17) is 14.5 Å². The Bertz CT molecular complexity index is 355. The summed E-state index contributed by atoms with van der Waals surface area (Å²) < 4.78 is 5.84. The fraction of sp³-hybridized carbons (Fsp3) is 0.733. The quantitative estimate of drug-likeness (QED) is 0.479. The van der Waals surface area contributed by atoms with E-state index >= 15 is 0 Å². The molecule has 2 aliphatic rings. The molecule has 1 fully saturated rings. The lowest BCUT2D eigenvalue weighted by molar-refractivity contribution is -0.311. The van der Waals surface area contributed by atoms with E-state index < -0.39 is 0 Å². The standard InChI is InChI=1S/C15H24O3/c1-11-6-5-7-12(2)10-13-16-14(18-17-13)15(3,4)9-8-11/h7-8,13-14H,5-6,9-10H2,1-4H3/b11-8+,12-7+. The smallest absolute Gasteiger partial charge is 0.199 e. The molecule has 0 N–H and O–H groups in total. The normalized spacial score (nSPS) is 38.9. The van der Waals surface area contributed by atoms with Crippen molar-refractivity contribution >= 4 is 0 Å². The van der Waals surface area contributed by atoms with E-state index in [-0.39, 0.29) is 18.0 Å². The first-order valence-electron chi connectivity index (χ1n) is 6.76. The highest BCUT2D eigenvalue weighted by atomic mass is 17.3. The van der Waals surface area contributed by atoms with Gasteiger partial charge < -0.3 is 4.74 Å². The number of hydrogen-bond donors (Lipinski definition) is 0. The molecule has 0 saturated carbocycles. The number of ether oxygens (including phenoxy) is 1. The molecule has 2 rings (SSSR count). The van der Waals surface area contributed by atoms with Gasteiger partial charge in [0.1, 0.15) is 0 Å². The summed E-state index contributed by atoms with van der Waals surface area (Å²) in [5.74, 6) is 0. The zero-order chi connectivity index (χ0) is 13.2. The van der Waals surface area contributed by atoms with Crippen molar-refractivity contribution in [3.63, 3.8) is 0 Å². The minimum absolute atomic E-state index is 0.0627. The molecule has 18 heavy (non-hydrogen) atoms. The van der Waals surface area contributed by atoms with E-state index in [1.807, 2.05) is 0 Å². The molecule has 0 aromatic heterocycles. The van der Waals surface area contributed by atoms with Gasteiger partial charge in [0.15, 0.2) is 12.6 Å². The summed E-state index contributed by atoms with van der Waals surface area (Å²) in [6.45, 7) is 8.62. The van der Waals surface area contributed by atoms with Gasteiger partial charge in [-0.3, -0.25) is 0 Å². The second-order valence-corrected chi connectivity index (χ2v) is 6.13. The van der Waals surface area contributed by atoms with Crippen LogP contribution in [0.3, 0.4) is 0 Å². The van der Waals surface area contributed by atoms with Crippen molar-refractivity contribution in [2.75, 3.05) is 0 Å². The number of fused-ring (bicyclic) bond motifs is 2. The van der Waals surface area contributed by atoms with E-state index in [0.717, 1.165) is 25.7 Å². The van der Waals surface area contributed by atoms with Crippen LogP contribution in [0.15, 0.2) is 23.3 Å². The SMILES string of the molecule is C/C1=C\CC(C)(C)C2OOC(C/C(C)=C/CC1)O2. The molecular weight excluding hydrogens is 228 g/mol. The minimum atomic E-state index is -0.279. The summed E-state index contributed by atoms with van der Waals surface area (Å²) >= 11 is 0. The Balaban J connectivity index is 2.15. The van der Waals surface area contributed by atoms with Crippen LogP contribution in [0.25, 0.3) is 0 Å². The van der Waals surface area contributed by atoms with Crippen molar-refractivity contribution in [1.82, 2.24) is 0 Å². The zero-order valence-corrected chi connectivity index (χ0v) is 11.9. The first-order chi connectivity index (χ1) is 8.47. The summed E-state index contributed by atoms with van der Waals surface area (Å²) in [4.78, 5) is 10.6. The van der Waals surface area contributed by atoms with Gasteiger partial charge in [-0.15, -0.1) is 0 Å². The van der Waals surface area contributed by atoms with Gasteiger partial charge >= 0.3 is 0 Å². The third kappa shape index (κ3) is 3.44. The van der Waals surface area contributed by atoms with E-state index in [2.05, 4.69) is 39.8 Å². The van der Waals surface area contributed by atoms with Crippen LogP contribution in [0.4, 0.5) is 0 Å². The molecule has 0 aliphatic carbocycles. The van der Waals surface area contributed by atoms with Crippen molar-refractivity contribution in [3.05, 3.63) is 23.3 Å². The molecule has 0 aromatic rings. The lowest BCUT2D eigenvalue weighted by Crippen LogP contribution is -2.30. The predicted molar refractivity (Wildman–Crippen MR) is 70.6 cm³/mol. The molecule has 0 radical (unpaired) electrons. The molecule has 3 nitrogen and oxygen atoms in total. The summed E-state index contributed by atoms with van der Waals surface area (Å²) in [6.07, 6.45) is 7.98. The molecule has 0 aromatic carbocycles. The molecule has 2 atom stereocenters. The molecule has 1 saturated heterocycles. The largest absolute Gasteiger partial charge is 0.317 e. The third-order valence-electron chi connectivity index (χ3n) is 3.66. The highest BCUT2D eigenvalue weighted by Gasteiger charge is 2.39. The van der Waals surface area contributed by atoms with Gasteiger partial charge in [0.2, 0.25) is 0 Å². The van der Waals surface area contributed by atoms with Crippen molar-refractivity contribution in [1.29, 1.82) is 0 Å². The van der Waals surface area contributed by atoms with Crippen molar-refractivity contribution in [2.24, 2.45) is 5.41 Å². The lowest BCUT2D eigenvalue weighted by atomic mass is 9.87. The van der Waals surface area contributed by atoms with E-state index in [9.17, 15) is 0 Å². The number of rotatable bonds is 0. The second-order valence-electron chi connectivity index (χ2n) is 6.13. The molecular formula is C15H24O3. The average molecular weight is 252 g/mol. The highest BCUT2D eigenvalue weighted by molar-refractivity contribution is 5.06. The maximum absolute atomic E-state index is 5.84. The van der Waals surface area contributed by atoms with Crippen LogP contribution >= 0.6 is 0 Å². The van der Waals surface area contributed by atoms with Crippen LogP contribution in [0.2, 0.25) is 0 Å². The molecule has 0 amide bonds. The maximum Gasteiger partial charge on any atom is 0.199 e. The monoisotopic (exact) mass is 252 g/mol. The number of allylic oxidation sites excluding steroid dienone is 3. The molecule has 2 heterocycles. The zero-order valence-electron chi connectivity index (χ0n) is 11.9. The molecule has 3 heteroatoms. The Hall–Kier alpha value is -0.640. The molecule has 102 valence electrons. The summed E-state index contributed by atoms with van der Waals surface area (Å²) in [5.41, 5.74) is 2.67. The van der Waals surface area contributed by atoms with Gasteiger partial charge in [0.25, 0.3) is 0 Å². The van der Waals surface area contributed by atoms with Crippen LogP contribution in [-0.4, -0.2) is 12.6 Å². The average Bonchev–Trinajstić information content (AvgIpc) is 2.74. The predicted octanol–water partition coefficient (Wildman–Crippen LogP) is 4.11. The van der Waals surface area contributed by atoms with Gasteiger partial charge in [0.05, 0.1) is 0 Å². The summed E-state index contributed by atoms with van der Waals surface area (Å²) in [5, 5.41) is 0. The molecule has 2 aliphatic heterocycles. The first-order valence-corrected chi connectivity index (χ1v) is 6.76.